The summed E-state index contributed by atoms with van der Waals surface area (Å²) in [5, 5.41) is 3.12. The van der Waals surface area contributed by atoms with Crippen molar-refractivity contribution < 1.29 is 9.59 Å². The van der Waals surface area contributed by atoms with Crippen LogP contribution in [0.3, 0.4) is 0 Å². The van der Waals surface area contributed by atoms with Gasteiger partial charge in [-0.2, -0.15) is 0 Å². The van der Waals surface area contributed by atoms with Crippen molar-refractivity contribution in [3.8, 4) is 10.4 Å². The van der Waals surface area contributed by atoms with Crippen molar-refractivity contribution in [1.82, 2.24) is 5.32 Å². The Morgan fingerprint density at radius 2 is 1.40 bits per heavy atom. The number of nitrogens with one attached hydrogen (secondary N) is 1. The number of hydrogen-bond acceptors (Lipinski definition) is 3. The molecule has 2 fully saturated rings. The van der Waals surface area contributed by atoms with Crippen molar-refractivity contribution in [3.05, 3.63) is 100 Å². The van der Waals surface area contributed by atoms with Gasteiger partial charge in [-0.05, 0) is 73.4 Å². The Kier molecular flexibility index (Phi) is 9.34. The molecule has 4 nitrogen and oxygen atoms in total. The molecule has 2 aromatic carbocycles. The van der Waals surface area contributed by atoms with Crippen molar-refractivity contribution in [2.45, 2.75) is 89.0 Å². The van der Waals surface area contributed by atoms with Gasteiger partial charge in [0.15, 0.2) is 0 Å². The van der Waals surface area contributed by atoms with Crippen molar-refractivity contribution >= 4 is 28.8 Å². The van der Waals surface area contributed by atoms with Gasteiger partial charge in [-0.25, -0.2) is 0 Å². The number of para-hydroxylation sites is 1. The van der Waals surface area contributed by atoms with E-state index in [4.69, 9.17) is 0 Å². The zero-order valence-corrected chi connectivity index (χ0v) is 25.3. The number of nitrogens with zero attached hydrogens (tertiary/aromatic N) is 1. The first-order valence-electron chi connectivity index (χ1n) is 16.0. The third-order valence-electron chi connectivity index (χ3n) is 8.91. The second-order valence-electron chi connectivity index (χ2n) is 12.1. The van der Waals surface area contributed by atoms with Gasteiger partial charge in [0.25, 0.3) is 11.8 Å². The van der Waals surface area contributed by atoms with E-state index in [1.165, 1.54) is 63.4 Å². The number of rotatable bonds is 4. The minimum absolute atomic E-state index is 0.00315. The molecule has 0 radical (unpaired) electrons. The van der Waals surface area contributed by atoms with Crippen LogP contribution < -0.4 is 10.2 Å². The first-order valence-corrected chi connectivity index (χ1v) is 16.8. The van der Waals surface area contributed by atoms with Crippen LogP contribution in [0.5, 0.6) is 0 Å². The Labute approximate surface area is 254 Å². The monoisotopic (exact) mass is 578 g/mol. The number of fused-ring (bicyclic) bond motifs is 3. The van der Waals surface area contributed by atoms with Gasteiger partial charge in [0.2, 0.25) is 0 Å². The highest BCUT2D eigenvalue weighted by Gasteiger charge is 2.29. The number of benzene rings is 1. The topological polar surface area (TPSA) is 49.4 Å². The fraction of sp³-hybridized carbons (Fsp3) is 0.405. The van der Waals surface area contributed by atoms with Crippen LogP contribution in [0.2, 0.25) is 0 Å². The van der Waals surface area contributed by atoms with Crippen LogP contribution in [0.15, 0.2) is 78.9 Å². The maximum atomic E-state index is 14.1. The number of carbonyl (C=O) groups is 2. The highest BCUT2D eigenvalue weighted by atomic mass is 32.1. The number of amides is 2. The van der Waals surface area contributed by atoms with Crippen LogP contribution in [0.4, 0.5) is 5.69 Å². The summed E-state index contributed by atoms with van der Waals surface area (Å²) >= 11 is 1.54. The average molecular weight is 579 g/mol. The molecule has 0 spiro atoms. The van der Waals surface area contributed by atoms with Crippen molar-refractivity contribution in [2.24, 2.45) is 0 Å². The molecular formula is C37H42N2O2S. The summed E-state index contributed by atoms with van der Waals surface area (Å²) in [6, 6.07) is 27.1. The quantitative estimate of drug-likeness (QED) is 0.335. The molecule has 3 aromatic rings. The van der Waals surface area contributed by atoms with Crippen LogP contribution in [0.25, 0.3) is 10.4 Å². The highest BCUT2D eigenvalue weighted by Crippen LogP contribution is 2.42. The summed E-state index contributed by atoms with van der Waals surface area (Å²) < 4.78 is 0. The van der Waals surface area contributed by atoms with Gasteiger partial charge >= 0.3 is 0 Å². The maximum absolute atomic E-state index is 14.1. The van der Waals surface area contributed by atoms with Crippen LogP contribution in [0.1, 0.15) is 108 Å². The van der Waals surface area contributed by atoms with Crippen LogP contribution >= 0.6 is 11.3 Å². The van der Waals surface area contributed by atoms with Crippen LogP contribution in [-0.4, -0.2) is 24.4 Å². The number of carbonyl (C=O) groups excluding carboxylic acids is 2. The molecule has 2 saturated carbocycles. The van der Waals surface area contributed by atoms with Crippen molar-refractivity contribution in [2.75, 3.05) is 11.4 Å². The van der Waals surface area contributed by atoms with E-state index in [-0.39, 0.29) is 11.8 Å². The fourth-order valence-electron chi connectivity index (χ4n) is 6.38. The summed E-state index contributed by atoms with van der Waals surface area (Å²) in [5.41, 5.74) is 5.12. The van der Waals surface area contributed by atoms with E-state index in [0.717, 1.165) is 39.4 Å². The second-order valence-corrected chi connectivity index (χ2v) is 13.1. The molecule has 0 atom stereocenters. The van der Waals surface area contributed by atoms with Crippen molar-refractivity contribution in [1.29, 1.82) is 0 Å². The SMILES string of the molecule is O=C(NC1CC1)c1cc2c(s1)-c1ccccc1N(C(=O)c1cccccc(C3CCCCCCCCC3)ccc1)CC2. The lowest BCUT2D eigenvalue weighted by atomic mass is 9.87. The largest absolute Gasteiger partial charge is 0.349 e. The summed E-state index contributed by atoms with van der Waals surface area (Å²) in [4.78, 5) is 30.7. The molecule has 1 N–H and O–H groups in total. The molecule has 6 rings (SSSR count). The van der Waals surface area contributed by atoms with Gasteiger partial charge in [-0.15, -0.1) is 11.3 Å². The molecule has 2 amide bonds. The van der Waals surface area contributed by atoms with E-state index in [1.807, 2.05) is 53.4 Å². The summed E-state index contributed by atoms with van der Waals surface area (Å²) in [5.74, 6) is 0.604. The van der Waals surface area contributed by atoms with E-state index >= 15 is 0 Å². The van der Waals surface area contributed by atoms with Crippen LogP contribution in [-0.2, 0) is 6.42 Å². The molecule has 0 saturated heterocycles. The Morgan fingerprint density at radius 3 is 2.19 bits per heavy atom. The lowest BCUT2D eigenvalue weighted by Crippen LogP contribution is -2.32. The fourth-order valence-corrected chi connectivity index (χ4v) is 7.53. The zero-order chi connectivity index (χ0) is 28.7. The molecule has 42 heavy (non-hydrogen) atoms. The summed E-state index contributed by atoms with van der Waals surface area (Å²) in [6.07, 6.45) is 14.7. The molecule has 0 unspecified atom stereocenters. The molecule has 3 aliphatic rings. The molecule has 2 heterocycles. The number of thiophene rings is 1. The summed E-state index contributed by atoms with van der Waals surface area (Å²) in [6.45, 7) is 0.571. The molecule has 5 heteroatoms. The first kappa shape index (κ1) is 28.7. The second kappa shape index (κ2) is 13.7. The molecule has 1 aliphatic heterocycles. The van der Waals surface area contributed by atoms with Gasteiger partial charge in [0.05, 0.1) is 10.6 Å². The highest BCUT2D eigenvalue weighted by molar-refractivity contribution is 7.17. The minimum atomic E-state index is 0.00315. The third kappa shape index (κ3) is 6.95. The molecular weight excluding hydrogens is 536 g/mol. The summed E-state index contributed by atoms with van der Waals surface area (Å²) in [7, 11) is 0. The Morgan fingerprint density at radius 1 is 0.738 bits per heavy atom. The van der Waals surface area contributed by atoms with E-state index in [9.17, 15) is 9.59 Å². The molecule has 2 aliphatic carbocycles. The third-order valence-corrected chi connectivity index (χ3v) is 10.1. The smallest absolute Gasteiger partial charge is 0.261 e. The van der Waals surface area contributed by atoms with E-state index in [1.54, 1.807) is 11.3 Å². The zero-order valence-electron chi connectivity index (χ0n) is 24.5. The number of anilines is 1. The molecule has 0 bridgehead atoms. The Hall–Kier alpha value is -3.44. The van der Waals surface area contributed by atoms with Crippen LogP contribution in [0, 0.1) is 0 Å². The maximum Gasteiger partial charge on any atom is 0.261 e. The van der Waals surface area contributed by atoms with E-state index in [0.29, 0.717) is 30.5 Å². The van der Waals surface area contributed by atoms with Gasteiger partial charge in [-0.1, -0.05) is 99.5 Å². The first-order chi connectivity index (χ1) is 20.7. The standard InChI is InChI=1S/C37H42N2O2S/c40-36(38-31-22-23-31)34-26-30-24-25-39(33-21-12-11-20-32(33)35(30)42-34)37(41)29-17-10-6-9-16-28(18-13-19-29)27-14-7-4-2-1-3-5-8-15-27/h6,9-13,16-21,26-27,31H,1-5,7-8,14-15,22-25H2,(H,38,40). The van der Waals surface area contributed by atoms with E-state index < -0.39 is 0 Å². The van der Waals surface area contributed by atoms with Gasteiger partial charge in [0.1, 0.15) is 0 Å². The predicted molar refractivity (Wildman–Crippen MR) is 174 cm³/mol. The van der Waals surface area contributed by atoms with Gasteiger partial charge < -0.3 is 10.2 Å². The number of hydrogen-bond donors (Lipinski definition) is 1. The Balaban J connectivity index is 1.27. The minimum Gasteiger partial charge on any atom is -0.349 e. The average Bonchev–Trinajstić information content (AvgIpc) is 3.76. The Bertz CT molecular complexity index is 1460. The molecule has 218 valence electrons. The van der Waals surface area contributed by atoms with Gasteiger partial charge in [-0.3, -0.25) is 9.59 Å². The van der Waals surface area contributed by atoms with Gasteiger partial charge in [0, 0.05) is 28.6 Å². The predicted octanol–water partition coefficient (Wildman–Crippen LogP) is 9.24. The lowest BCUT2D eigenvalue weighted by Gasteiger charge is -2.23. The van der Waals surface area contributed by atoms with E-state index in [2.05, 4.69) is 35.6 Å². The normalized spacial score (nSPS) is 17.7. The lowest BCUT2D eigenvalue weighted by molar-refractivity contribution is 0.0953. The van der Waals surface area contributed by atoms with Crippen molar-refractivity contribution in [3.63, 3.8) is 0 Å². The molecule has 1 aromatic heterocycles.